The molecule has 78 valence electrons. The zero-order valence-electron chi connectivity index (χ0n) is 8.53. The van der Waals surface area contributed by atoms with Gasteiger partial charge in [-0.1, -0.05) is 0 Å². The van der Waals surface area contributed by atoms with Crippen LogP contribution in [-0.2, 0) is 13.6 Å². The molecule has 0 aromatic carbocycles. The van der Waals surface area contributed by atoms with Crippen molar-refractivity contribution in [3.63, 3.8) is 0 Å². The molecule has 1 aromatic heterocycles. The lowest BCUT2D eigenvalue weighted by Gasteiger charge is -2.23. The van der Waals surface area contributed by atoms with E-state index < -0.39 is 0 Å². The van der Waals surface area contributed by atoms with E-state index in [1.165, 1.54) is 12.8 Å². The molecule has 1 saturated heterocycles. The minimum Gasteiger partial charge on any atom is -0.315 e. The van der Waals surface area contributed by atoms with Gasteiger partial charge in [0.15, 0.2) is 5.82 Å². The van der Waals surface area contributed by atoms with Crippen molar-refractivity contribution in [3.05, 3.63) is 12.2 Å². The summed E-state index contributed by atoms with van der Waals surface area (Å²) in [5, 5.41) is 11.0. The Bertz CT molecular complexity index is 276. The summed E-state index contributed by atoms with van der Waals surface area (Å²) in [6.45, 7) is 2.99. The van der Waals surface area contributed by atoms with E-state index in [-0.39, 0.29) is 0 Å². The molecule has 1 aromatic rings. The quantitative estimate of drug-likeness (QED) is 0.692. The maximum Gasteiger partial charge on any atom is 0.164 e. The first-order valence-corrected chi connectivity index (χ1v) is 5.13. The van der Waals surface area contributed by atoms with Crippen LogP contribution in [0, 0.1) is 0 Å². The molecule has 2 heterocycles. The zero-order valence-corrected chi connectivity index (χ0v) is 8.53. The van der Waals surface area contributed by atoms with Crippen molar-refractivity contribution in [2.45, 2.75) is 25.4 Å². The maximum absolute atomic E-state index is 4.22. The average Bonchev–Trinajstić information content (AvgIpc) is 2.63. The third-order valence-corrected chi connectivity index (χ3v) is 2.49. The molecule has 0 saturated carbocycles. The molecule has 5 heteroatoms. The highest BCUT2D eigenvalue weighted by Gasteiger charge is 2.12. The number of hydrogen-bond acceptors (Lipinski definition) is 4. The number of aryl methyl sites for hydroxylation is 1. The lowest BCUT2D eigenvalue weighted by atomic mass is 10.1. The molecular weight excluding hydrogens is 178 g/mol. The number of nitrogens with one attached hydrogen (secondary N) is 2. The molecule has 1 fully saturated rings. The summed E-state index contributed by atoms with van der Waals surface area (Å²) in [7, 11) is 1.89. The second kappa shape index (κ2) is 4.52. The van der Waals surface area contributed by atoms with Crippen LogP contribution in [0.25, 0.3) is 0 Å². The van der Waals surface area contributed by atoms with Gasteiger partial charge in [-0.2, -0.15) is 5.10 Å². The SMILES string of the molecule is Cn1cnc(CNC2CCCNC2)n1. The van der Waals surface area contributed by atoms with E-state index in [0.29, 0.717) is 6.04 Å². The highest BCUT2D eigenvalue weighted by molar-refractivity contribution is 4.83. The molecule has 1 unspecified atom stereocenters. The summed E-state index contributed by atoms with van der Waals surface area (Å²) in [4.78, 5) is 4.17. The second-order valence-electron chi connectivity index (χ2n) is 3.76. The molecule has 5 nitrogen and oxygen atoms in total. The van der Waals surface area contributed by atoms with Crippen molar-refractivity contribution in [1.29, 1.82) is 0 Å². The normalized spacial score (nSPS) is 22.5. The van der Waals surface area contributed by atoms with Crippen LogP contribution < -0.4 is 10.6 Å². The van der Waals surface area contributed by atoms with Gasteiger partial charge in [-0.15, -0.1) is 0 Å². The number of aromatic nitrogens is 3. The summed E-state index contributed by atoms with van der Waals surface area (Å²) in [5.41, 5.74) is 0. The molecule has 0 aliphatic carbocycles. The van der Waals surface area contributed by atoms with Gasteiger partial charge < -0.3 is 10.6 Å². The number of nitrogens with zero attached hydrogens (tertiary/aromatic N) is 3. The van der Waals surface area contributed by atoms with Crippen LogP contribution in [0.1, 0.15) is 18.7 Å². The Hall–Kier alpha value is -0.940. The van der Waals surface area contributed by atoms with Gasteiger partial charge in [-0.05, 0) is 19.4 Å². The van der Waals surface area contributed by atoms with E-state index in [0.717, 1.165) is 25.5 Å². The van der Waals surface area contributed by atoms with Gasteiger partial charge >= 0.3 is 0 Å². The fourth-order valence-corrected chi connectivity index (χ4v) is 1.73. The van der Waals surface area contributed by atoms with Crippen LogP contribution in [0.4, 0.5) is 0 Å². The first-order valence-electron chi connectivity index (χ1n) is 5.13. The van der Waals surface area contributed by atoms with Crippen molar-refractivity contribution in [3.8, 4) is 0 Å². The Balaban J connectivity index is 1.76. The topological polar surface area (TPSA) is 54.8 Å². The Morgan fingerprint density at radius 3 is 3.29 bits per heavy atom. The second-order valence-corrected chi connectivity index (χ2v) is 3.76. The highest BCUT2D eigenvalue weighted by atomic mass is 15.3. The molecule has 14 heavy (non-hydrogen) atoms. The summed E-state index contributed by atoms with van der Waals surface area (Å²) < 4.78 is 1.73. The van der Waals surface area contributed by atoms with E-state index in [1.54, 1.807) is 11.0 Å². The summed E-state index contributed by atoms with van der Waals surface area (Å²) >= 11 is 0. The predicted molar refractivity (Wildman–Crippen MR) is 53.7 cm³/mol. The van der Waals surface area contributed by atoms with E-state index in [9.17, 15) is 0 Å². The Labute approximate surface area is 83.9 Å². The minimum absolute atomic E-state index is 0.576. The minimum atomic E-state index is 0.576. The van der Waals surface area contributed by atoms with Crippen molar-refractivity contribution in [2.75, 3.05) is 13.1 Å². The van der Waals surface area contributed by atoms with Crippen LogP contribution in [0.5, 0.6) is 0 Å². The summed E-state index contributed by atoms with van der Waals surface area (Å²) in [6, 6.07) is 0.576. The molecule has 0 radical (unpaired) electrons. The molecule has 0 bridgehead atoms. The van der Waals surface area contributed by atoms with Crippen molar-refractivity contribution in [1.82, 2.24) is 25.4 Å². The molecule has 1 aliphatic rings. The third-order valence-electron chi connectivity index (χ3n) is 2.49. The highest BCUT2D eigenvalue weighted by Crippen LogP contribution is 2.01. The number of hydrogen-bond donors (Lipinski definition) is 2. The molecular formula is C9H17N5. The Morgan fingerprint density at radius 2 is 2.64 bits per heavy atom. The van der Waals surface area contributed by atoms with Gasteiger partial charge in [0.1, 0.15) is 6.33 Å². The van der Waals surface area contributed by atoms with Gasteiger partial charge in [-0.3, -0.25) is 4.68 Å². The van der Waals surface area contributed by atoms with Crippen LogP contribution in [0.15, 0.2) is 6.33 Å². The standard InChI is InChI=1S/C9H17N5/c1-14-7-12-9(13-14)6-11-8-3-2-4-10-5-8/h7-8,10-11H,2-6H2,1H3. The van der Waals surface area contributed by atoms with Gasteiger partial charge in [-0.25, -0.2) is 4.98 Å². The van der Waals surface area contributed by atoms with Crippen LogP contribution in [0.2, 0.25) is 0 Å². The first-order chi connectivity index (χ1) is 6.84. The monoisotopic (exact) mass is 195 g/mol. The van der Waals surface area contributed by atoms with Crippen molar-refractivity contribution >= 4 is 0 Å². The number of rotatable bonds is 3. The average molecular weight is 195 g/mol. The van der Waals surface area contributed by atoms with Gasteiger partial charge in [0.2, 0.25) is 0 Å². The molecule has 0 amide bonds. The molecule has 1 aliphatic heterocycles. The predicted octanol–water partition coefficient (Wildman–Crippen LogP) is -0.343. The lowest BCUT2D eigenvalue weighted by Crippen LogP contribution is -2.42. The molecule has 2 N–H and O–H groups in total. The number of piperidine rings is 1. The van der Waals surface area contributed by atoms with Gasteiger partial charge in [0, 0.05) is 19.6 Å². The van der Waals surface area contributed by atoms with Crippen LogP contribution in [-0.4, -0.2) is 33.9 Å². The molecule has 0 spiro atoms. The van der Waals surface area contributed by atoms with E-state index >= 15 is 0 Å². The first kappa shape index (κ1) is 9.61. The van der Waals surface area contributed by atoms with Gasteiger partial charge in [0.05, 0.1) is 6.54 Å². The van der Waals surface area contributed by atoms with E-state index in [4.69, 9.17) is 0 Å². The van der Waals surface area contributed by atoms with Gasteiger partial charge in [0.25, 0.3) is 0 Å². The fraction of sp³-hybridized carbons (Fsp3) is 0.778. The fourth-order valence-electron chi connectivity index (χ4n) is 1.73. The Kier molecular flexibility index (Phi) is 3.10. The lowest BCUT2D eigenvalue weighted by molar-refractivity contribution is 0.385. The summed E-state index contributed by atoms with van der Waals surface area (Å²) in [5.74, 6) is 0.873. The van der Waals surface area contributed by atoms with E-state index in [1.807, 2.05) is 7.05 Å². The molecule has 2 rings (SSSR count). The van der Waals surface area contributed by atoms with E-state index in [2.05, 4.69) is 20.7 Å². The maximum atomic E-state index is 4.22. The van der Waals surface area contributed by atoms with Crippen LogP contribution >= 0.6 is 0 Å². The van der Waals surface area contributed by atoms with Crippen molar-refractivity contribution in [2.24, 2.45) is 7.05 Å². The smallest absolute Gasteiger partial charge is 0.164 e. The van der Waals surface area contributed by atoms with Crippen molar-refractivity contribution < 1.29 is 0 Å². The molecule has 1 atom stereocenters. The Morgan fingerprint density at radius 1 is 1.71 bits per heavy atom. The third kappa shape index (κ3) is 2.52. The zero-order chi connectivity index (χ0) is 9.80. The largest absolute Gasteiger partial charge is 0.315 e. The summed E-state index contributed by atoms with van der Waals surface area (Å²) in [6.07, 6.45) is 4.24. The van der Waals surface area contributed by atoms with Crippen LogP contribution in [0.3, 0.4) is 0 Å².